The van der Waals surface area contributed by atoms with E-state index in [1.54, 1.807) is 43.5 Å². The van der Waals surface area contributed by atoms with Gasteiger partial charge < -0.3 is 14.8 Å². The Kier molecular flexibility index (Phi) is 9.23. The Bertz CT molecular complexity index is 1090. The van der Waals surface area contributed by atoms with E-state index in [0.29, 0.717) is 27.1 Å². The molecular weight excluding hydrogens is 457 g/mol. The molecule has 0 aliphatic carbocycles. The van der Waals surface area contributed by atoms with Gasteiger partial charge in [-0.1, -0.05) is 60.8 Å². The average molecular weight is 484 g/mol. The second-order valence-corrected chi connectivity index (χ2v) is 8.34. The molecule has 3 aromatic carbocycles. The van der Waals surface area contributed by atoms with Crippen LogP contribution in [-0.2, 0) is 17.8 Å². The molecule has 0 spiro atoms. The molecular formula is C27H27Cl2NO3. The highest BCUT2D eigenvalue weighted by Gasteiger charge is 2.10. The van der Waals surface area contributed by atoms with Gasteiger partial charge in [0, 0.05) is 27.4 Å². The zero-order valence-corrected chi connectivity index (χ0v) is 20.2. The maximum absolute atomic E-state index is 12.3. The van der Waals surface area contributed by atoms with Crippen molar-refractivity contribution in [3.05, 3.63) is 93.5 Å². The monoisotopic (exact) mass is 483 g/mol. The van der Waals surface area contributed by atoms with Crippen molar-refractivity contribution in [1.29, 1.82) is 0 Å². The number of amides is 1. The SMILES string of the molecule is CCCCc1ccc(NC(=O)/C=C/c2ccc(OCc3c(Cl)cccc3Cl)c(OC)c2)cc1. The molecule has 0 saturated carbocycles. The third kappa shape index (κ3) is 7.28. The van der Waals surface area contributed by atoms with Gasteiger partial charge >= 0.3 is 0 Å². The molecule has 4 nitrogen and oxygen atoms in total. The smallest absolute Gasteiger partial charge is 0.248 e. The van der Waals surface area contributed by atoms with E-state index in [2.05, 4.69) is 12.2 Å². The van der Waals surface area contributed by atoms with Crippen LogP contribution in [0.1, 0.15) is 36.5 Å². The van der Waals surface area contributed by atoms with Crippen LogP contribution in [0.15, 0.2) is 66.7 Å². The van der Waals surface area contributed by atoms with Gasteiger partial charge in [-0.2, -0.15) is 0 Å². The van der Waals surface area contributed by atoms with Crippen LogP contribution >= 0.6 is 23.2 Å². The number of nitrogens with one attached hydrogen (secondary N) is 1. The largest absolute Gasteiger partial charge is 0.493 e. The summed E-state index contributed by atoms with van der Waals surface area (Å²) in [5, 5.41) is 3.97. The summed E-state index contributed by atoms with van der Waals surface area (Å²) < 4.78 is 11.3. The van der Waals surface area contributed by atoms with Crippen molar-refractivity contribution in [2.75, 3.05) is 12.4 Å². The minimum atomic E-state index is -0.205. The molecule has 0 atom stereocenters. The number of carbonyl (C=O) groups excluding carboxylic acids is 1. The van der Waals surface area contributed by atoms with Crippen molar-refractivity contribution < 1.29 is 14.3 Å². The van der Waals surface area contributed by atoms with Crippen LogP contribution in [0.2, 0.25) is 10.0 Å². The van der Waals surface area contributed by atoms with E-state index in [4.69, 9.17) is 32.7 Å². The van der Waals surface area contributed by atoms with E-state index in [1.165, 1.54) is 11.6 Å². The van der Waals surface area contributed by atoms with Crippen molar-refractivity contribution >= 4 is 40.9 Å². The number of benzene rings is 3. The number of methoxy groups -OCH3 is 1. The molecule has 0 bridgehead atoms. The summed E-state index contributed by atoms with van der Waals surface area (Å²) in [6.07, 6.45) is 6.59. The number of anilines is 1. The van der Waals surface area contributed by atoms with Gasteiger partial charge in [-0.05, 0) is 66.4 Å². The van der Waals surface area contributed by atoms with Crippen molar-refractivity contribution in [2.45, 2.75) is 32.8 Å². The second-order valence-electron chi connectivity index (χ2n) is 7.52. The lowest BCUT2D eigenvalue weighted by atomic mass is 10.1. The highest BCUT2D eigenvalue weighted by atomic mass is 35.5. The third-order valence-electron chi connectivity index (χ3n) is 5.09. The van der Waals surface area contributed by atoms with Crippen LogP contribution in [0.3, 0.4) is 0 Å². The van der Waals surface area contributed by atoms with E-state index in [1.807, 2.05) is 30.3 Å². The highest BCUT2D eigenvalue weighted by Crippen LogP contribution is 2.31. The van der Waals surface area contributed by atoms with E-state index in [9.17, 15) is 4.79 Å². The van der Waals surface area contributed by atoms with E-state index in [0.717, 1.165) is 30.5 Å². The highest BCUT2D eigenvalue weighted by molar-refractivity contribution is 6.35. The average Bonchev–Trinajstić information content (AvgIpc) is 2.82. The summed E-state index contributed by atoms with van der Waals surface area (Å²) in [6.45, 7) is 2.39. The molecule has 0 aliphatic rings. The van der Waals surface area contributed by atoms with Crippen molar-refractivity contribution in [3.63, 3.8) is 0 Å². The van der Waals surface area contributed by atoms with Gasteiger partial charge in [-0.15, -0.1) is 0 Å². The summed E-state index contributed by atoms with van der Waals surface area (Å²) in [4.78, 5) is 12.3. The lowest BCUT2D eigenvalue weighted by molar-refractivity contribution is -0.111. The van der Waals surface area contributed by atoms with Crippen molar-refractivity contribution in [1.82, 2.24) is 0 Å². The minimum absolute atomic E-state index is 0.205. The zero-order valence-electron chi connectivity index (χ0n) is 18.7. The van der Waals surface area contributed by atoms with Gasteiger partial charge in [0.2, 0.25) is 5.91 Å². The van der Waals surface area contributed by atoms with Crippen LogP contribution in [-0.4, -0.2) is 13.0 Å². The Labute approximate surface area is 205 Å². The minimum Gasteiger partial charge on any atom is -0.493 e. The molecule has 0 heterocycles. The first-order valence-electron chi connectivity index (χ1n) is 10.8. The Morgan fingerprint density at radius 3 is 2.39 bits per heavy atom. The maximum atomic E-state index is 12.3. The summed E-state index contributed by atoms with van der Waals surface area (Å²) in [6, 6.07) is 18.7. The maximum Gasteiger partial charge on any atom is 0.248 e. The van der Waals surface area contributed by atoms with Gasteiger partial charge in [0.1, 0.15) is 6.61 Å². The molecule has 33 heavy (non-hydrogen) atoms. The van der Waals surface area contributed by atoms with Crippen LogP contribution < -0.4 is 14.8 Å². The third-order valence-corrected chi connectivity index (χ3v) is 5.80. The first-order chi connectivity index (χ1) is 16.0. The molecule has 1 N–H and O–H groups in total. The van der Waals surface area contributed by atoms with Gasteiger partial charge in [-0.3, -0.25) is 4.79 Å². The summed E-state index contributed by atoms with van der Waals surface area (Å²) in [7, 11) is 1.56. The van der Waals surface area contributed by atoms with E-state index < -0.39 is 0 Å². The molecule has 0 radical (unpaired) electrons. The summed E-state index contributed by atoms with van der Waals surface area (Å²) in [5.74, 6) is 0.894. The van der Waals surface area contributed by atoms with Crippen LogP contribution in [0.5, 0.6) is 11.5 Å². The quantitative estimate of drug-likeness (QED) is 0.302. The Hall–Kier alpha value is -2.95. The van der Waals surface area contributed by atoms with Crippen LogP contribution in [0, 0.1) is 0 Å². The number of unbranched alkanes of at least 4 members (excludes halogenated alkanes) is 1. The number of carbonyl (C=O) groups is 1. The van der Waals surface area contributed by atoms with Gasteiger partial charge in [0.25, 0.3) is 0 Å². The molecule has 3 aromatic rings. The zero-order chi connectivity index (χ0) is 23.6. The predicted molar refractivity (Wildman–Crippen MR) is 137 cm³/mol. The number of rotatable bonds is 10. The van der Waals surface area contributed by atoms with Crippen LogP contribution in [0.25, 0.3) is 6.08 Å². The van der Waals surface area contributed by atoms with Crippen molar-refractivity contribution in [2.24, 2.45) is 0 Å². The molecule has 3 rings (SSSR count). The normalized spacial score (nSPS) is 10.9. The van der Waals surface area contributed by atoms with Gasteiger partial charge in [-0.25, -0.2) is 0 Å². The fraction of sp³-hybridized carbons (Fsp3) is 0.222. The fourth-order valence-electron chi connectivity index (χ4n) is 3.22. The Morgan fingerprint density at radius 1 is 1.00 bits per heavy atom. The number of ether oxygens (including phenoxy) is 2. The number of hydrogen-bond donors (Lipinski definition) is 1. The lowest BCUT2D eigenvalue weighted by Crippen LogP contribution is -2.07. The van der Waals surface area contributed by atoms with Gasteiger partial charge in [0.15, 0.2) is 11.5 Å². The fourth-order valence-corrected chi connectivity index (χ4v) is 3.73. The Morgan fingerprint density at radius 2 is 1.73 bits per heavy atom. The lowest BCUT2D eigenvalue weighted by Gasteiger charge is -2.13. The molecule has 0 aliphatic heterocycles. The number of hydrogen-bond acceptors (Lipinski definition) is 3. The topological polar surface area (TPSA) is 47.6 Å². The Balaban J connectivity index is 1.61. The summed E-state index contributed by atoms with van der Waals surface area (Å²) in [5.41, 5.74) is 3.56. The first kappa shape index (κ1) is 24.7. The number of halogens is 2. The molecule has 172 valence electrons. The van der Waals surface area contributed by atoms with Gasteiger partial charge in [0.05, 0.1) is 7.11 Å². The van der Waals surface area contributed by atoms with Crippen LogP contribution in [0.4, 0.5) is 5.69 Å². The second kappa shape index (κ2) is 12.3. The number of aryl methyl sites for hydroxylation is 1. The first-order valence-corrected chi connectivity index (χ1v) is 11.6. The standard InChI is InChI=1S/C27H27Cl2NO3/c1-3-4-6-19-9-13-21(14-10-19)30-27(31)16-12-20-11-15-25(26(17-20)32-2)33-18-22-23(28)7-5-8-24(22)29/h5,7-17H,3-4,6,18H2,1-2H3,(H,30,31)/b16-12+. The van der Waals surface area contributed by atoms with E-state index in [-0.39, 0.29) is 12.5 Å². The summed E-state index contributed by atoms with van der Waals surface area (Å²) >= 11 is 12.4. The molecule has 0 fully saturated rings. The molecule has 0 aromatic heterocycles. The van der Waals surface area contributed by atoms with E-state index >= 15 is 0 Å². The molecule has 0 saturated heterocycles. The molecule has 1 amide bonds. The molecule has 6 heteroatoms. The molecule has 0 unspecified atom stereocenters. The predicted octanol–water partition coefficient (Wildman–Crippen LogP) is 7.58. The van der Waals surface area contributed by atoms with Crippen molar-refractivity contribution in [3.8, 4) is 11.5 Å².